The Kier molecular flexibility index (Phi) is 5.17. The molecule has 0 saturated heterocycles. The molecule has 2 atom stereocenters. The SMILES string of the molecule is COCC(NCC(O)Cc1ccccc1)C1CC1. The monoisotopic (exact) mass is 249 g/mol. The lowest BCUT2D eigenvalue weighted by molar-refractivity contribution is 0.132. The van der Waals surface area contributed by atoms with E-state index in [1.54, 1.807) is 7.11 Å². The Labute approximate surface area is 109 Å². The van der Waals surface area contributed by atoms with Crippen molar-refractivity contribution >= 4 is 0 Å². The Hall–Kier alpha value is -0.900. The molecular weight excluding hydrogens is 226 g/mol. The van der Waals surface area contributed by atoms with E-state index in [0.717, 1.165) is 12.5 Å². The Bertz CT molecular complexity index is 338. The summed E-state index contributed by atoms with van der Waals surface area (Å²) in [5.41, 5.74) is 1.18. The maximum Gasteiger partial charge on any atom is 0.0704 e. The highest BCUT2D eigenvalue weighted by Crippen LogP contribution is 2.32. The van der Waals surface area contributed by atoms with Gasteiger partial charge in [-0.1, -0.05) is 30.3 Å². The smallest absolute Gasteiger partial charge is 0.0704 e. The molecule has 2 N–H and O–H groups in total. The van der Waals surface area contributed by atoms with E-state index in [4.69, 9.17) is 4.74 Å². The van der Waals surface area contributed by atoms with Crippen molar-refractivity contribution < 1.29 is 9.84 Å². The average Bonchev–Trinajstić information content (AvgIpc) is 3.20. The number of hydrogen-bond acceptors (Lipinski definition) is 3. The van der Waals surface area contributed by atoms with Crippen molar-refractivity contribution in [2.45, 2.75) is 31.4 Å². The summed E-state index contributed by atoms with van der Waals surface area (Å²) < 4.78 is 5.21. The number of aliphatic hydroxyl groups is 1. The molecule has 18 heavy (non-hydrogen) atoms. The summed E-state index contributed by atoms with van der Waals surface area (Å²) in [7, 11) is 1.73. The van der Waals surface area contributed by atoms with E-state index in [1.165, 1.54) is 18.4 Å². The third kappa shape index (κ3) is 4.41. The third-order valence-electron chi connectivity index (χ3n) is 3.47. The van der Waals surface area contributed by atoms with Gasteiger partial charge in [0.15, 0.2) is 0 Å². The van der Waals surface area contributed by atoms with Crippen LogP contribution in [0.3, 0.4) is 0 Å². The van der Waals surface area contributed by atoms with Crippen molar-refractivity contribution in [1.82, 2.24) is 5.32 Å². The van der Waals surface area contributed by atoms with E-state index >= 15 is 0 Å². The van der Waals surface area contributed by atoms with Crippen LogP contribution < -0.4 is 5.32 Å². The number of ether oxygens (including phenoxy) is 1. The van der Waals surface area contributed by atoms with Crippen LogP contribution in [-0.2, 0) is 11.2 Å². The van der Waals surface area contributed by atoms with Gasteiger partial charge in [-0.25, -0.2) is 0 Å². The highest BCUT2D eigenvalue weighted by atomic mass is 16.5. The Morgan fingerprint density at radius 2 is 2.06 bits per heavy atom. The van der Waals surface area contributed by atoms with Gasteiger partial charge in [-0.15, -0.1) is 0 Å². The van der Waals surface area contributed by atoms with E-state index in [0.29, 0.717) is 19.0 Å². The second-order valence-corrected chi connectivity index (χ2v) is 5.15. The highest BCUT2D eigenvalue weighted by Gasteiger charge is 2.30. The first-order valence-corrected chi connectivity index (χ1v) is 6.74. The summed E-state index contributed by atoms with van der Waals surface area (Å²) in [5, 5.41) is 13.4. The minimum absolute atomic E-state index is 0.328. The van der Waals surface area contributed by atoms with Gasteiger partial charge in [0.2, 0.25) is 0 Å². The van der Waals surface area contributed by atoms with Crippen molar-refractivity contribution in [2.24, 2.45) is 5.92 Å². The molecule has 1 fully saturated rings. The van der Waals surface area contributed by atoms with Gasteiger partial charge in [-0.05, 0) is 30.7 Å². The fourth-order valence-electron chi connectivity index (χ4n) is 2.29. The summed E-state index contributed by atoms with van der Waals surface area (Å²) in [6, 6.07) is 10.5. The second-order valence-electron chi connectivity index (χ2n) is 5.15. The number of methoxy groups -OCH3 is 1. The summed E-state index contributed by atoms with van der Waals surface area (Å²) in [6.45, 7) is 1.38. The maximum atomic E-state index is 10.0. The predicted molar refractivity (Wildman–Crippen MR) is 72.5 cm³/mol. The van der Waals surface area contributed by atoms with Crippen molar-refractivity contribution in [3.63, 3.8) is 0 Å². The molecule has 100 valence electrons. The molecule has 0 aromatic heterocycles. The van der Waals surface area contributed by atoms with Gasteiger partial charge in [0.1, 0.15) is 0 Å². The number of nitrogens with one attached hydrogen (secondary N) is 1. The maximum absolute atomic E-state index is 10.0. The van der Waals surface area contributed by atoms with Crippen LogP contribution >= 0.6 is 0 Å². The highest BCUT2D eigenvalue weighted by molar-refractivity contribution is 5.15. The van der Waals surface area contributed by atoms with Crippen LogP contribution in [0.4, 0.5) is 0 Å². The van der Waals surface area contributed by atoms with Crippen LogP contribution in [0.25, 0.3) is 0 Å². The van der Waals surface area contributed by atoms with Crippen LogP contribution in [0.1, 0.15) is 18.4 Å². The Morgan fingerprint density at radius 1 is 1.33 bits per heavy atom. The van der Waals surface area contributed by atoms with Gasteiger partial charge >= 0.3 is 0 Å². The lowest BCUT2D eigenvalue weighted by atomic mass is 10.1. The van der Waals surface area contributed by atoms with E-state index in [9.17, 15) is 5.11 Å². The topological polar surface area (TPSA) is 41.5 Å². The molecule has 0 amide bonds. The molecule has 2 rings (SSSR count). The molecule has 1 saturated carbocycles. The van der Waals surface area contributed by atoms with Crippen LogP contribution in [0, 0.1) is 5.92 Å². The number of hydrogen-bond donors (Lipinski definition) is 2. The zero-order valence-corrected chi connectivity index (χ0v) is 11.0. The van der Waals surface area contributed by atoms with Gasteiger partial charge in [0.25, 0.3) is 0 Å². The average molecular weight is 249 g/mol. The number of benzene rings is 1. The molecule has 1 aliphatic carbocycles. The van der Waals surface area contributed by atoms with Crippen molar-refractivity contribution in [3.05, 3.63) is 35.9 Å². The van der Waals surface area contributed by atoms with Crippen molar-refractivity contribution in [3.8, 4) is 0 Å². The Balaban J connectivity index is 1.71. The molecule has 3 heteroatoms. The fraction of sp³-hybridized carbons (Fsp3) is 0.600. The summed E-state index contributed by atoms with van der Waals surface area (Å²) in [5.74, 6) is 0.744. The first-order valence-electron chi connectivity index (χ1n) is 6.74. The molecule has 0 spiro atoms. The molecule has 3 nitrogen and oxygen atoms in total. The minimum atomic E-state index is -0.328. The lowest BCUT2D eigenvalue weighted by Crippen LogP contribution is -2.40. The Morgan fingerprint density at radius 3 is 2.67 bits per heavy atom. The van der Waals surface area contributed by atoms with Crippen LogP contribution in [-0.4, -0.2) is 37.5 Å². The molecule has 0 aliphatic heterocycles. The molecule has 1 aromatic rings. The number of rotatable bonds is 8. The van der Waals surface area contributed by atoms with Crippen LogP contribution in [0.2, 0.25) is 0 Å². The molecule has 2 unspecified atom stereocenters. The van der Waals surface area contributed by atoms with Gasteiger partial charge in [0.05, 0.1) is 12.7 Å². The summed E-state index contributed by atoms with van der Waals surface area (Å²) >= 11 is 0. The van der Waals surface area contributed by atoms with Crippen molar-refractivity contribution in [2.75, 3.05) is 20.3 Å². The fourth-order valence-corrected chi connectivity index (χ4v) is 2.29. The molecular formula is C15H23NO2. The van der Waals surface area contributed by atoms with E-state index in [-0.39, 0.29) is 6.10 Å². The molecule has 1 aliphatic rings. The second kappa shape index (κ2) is 6.88. The van der Waals surface area contributed by atoms with E-state index < -0.39 is 0 Å². The number of aliphatic hydroxyl groups excluding tert-OH is 1. The molecule has 0 heterocycles. The van der Waals surface area contributed by atoms with E-state index in [2.05, 4.69) is 17.4 Å². The van der Waals surface area contributed by atoms with Gasteiger partial charge < -0.3 is 15.2 Å². The summed E-state index contributed by atoms with van der Waals surface area (Å²) in [4.78, 5) is 0. The lowest BCUT2D eigenvalue weighted by Gasteiger charge is -2.19. The van der Waals surface area contributed by atoms with E-state index in [1.807, 2.05) is 18.2 Å². The standard InChI is InChI=1S/C15H23NO2/c1-18-11-15(13-7-8-13)16-10-14(17)9-12-5-3-2-4-6-12/h2-6,13-17H,7-11H2,1H3. The minimum Gasteiger partial charge on any atom is -0.391 e. The molecule has 1 aromatic carbocycles. The quantitative estimate of drug-likeness (QED) is 0.735. The normalized spacial score (nSPS) is 18.6. The first kappa shape index (κ1) is 13.5. The van der Waals surface area contributed by atoms with Crippen LogP contribution in [0.15, 0.2) is 30.3 Å². The van der Waals surface area contributed by atoms with Crippen LogP contribution in [0.5, 0.6) is 0 Å². The molecule has 0 radical (unpaired) electrons. The predicted octanol–water partition coefficient (Wildman–Crippen LogP) is 1.60. The first-order chi connectivity index (χ1) is 8.79. The zero-order chi connectivity index (χ0) is 12.8. The largest absolute Gasteiger partial charge is 0.391 e. The zero-order valence-electron chi connectivity index (χ0n) is 11.0. The van der Waals surface area contributed by atoms with Crippen molar-refractivity contribution in [1.29, 1.82) is 0 Å². The summed E-state index contributed by atoms with van der Waals surface area (Å²) in [6.07, 6.45) is 2.95. The van der Waals surface area contributed by atoms with Gasteiger partial charge in [0, 0.05) is 19.7 Å². The van der Waals surface area contributed by atoms with Gasteiger partial charge in [-0.2, -0.15) is 0 Å². The third-order valence-corrected chi connectivity index (χ3v) is 3.47. The molecule has 0 bridgehead atoms. The van der Waals surface area contributed by atoms with Gasteiger partial charge in [-0.3, -0.25) is 0 Å².